The fraction of sp³-hybridized carbons (Fsp3) is 0.353. The number of nitrogens with zero attached hydrogens (tertiary/aromatic N) is 4. The van der Waals surface area contributed by atoms with Crippen LogP contribution in [0, 0.1) is 5.92 Å². The van der Waals surface area contributed by atoms with Gasteiger partial charge in [0.05, 0.1) is 13.0 Å². The Morgan fingerprint density at radius 1 is 1.30 bits per heavy atom. The second-order valence-electron chi connectivity index (χ2n) is 5.98. The second-order valence-corrected chi connectivity index (χ2v) is 5.98. The molecule has 1 atom stereocenters. The van der Waals surface area contributed by atoms with Crippen LogP contribution in [0.1, 0.15) is 12.2 Å². The van der Waals surface area contributed by atoms with Gasteiger partial charge in [-0.2, -0.15) is 0 Å². The van der Waals surface area contributed by atoms with Crippen molar-refractivity contribution in [2.45, 2.75) is 19.4 Å². The lowest BCUT2D eigenvalue weighted by Gasteiger charge is -2.21. The van der Waals surface area contributed by atoms with Gasteiger partial charge in [0.15, 0.2) is 5.82 Å². The molecular formula is C17H18N4O2. The van der Waals surface area contributed by atoms with E-state index in [9.17, 15) is 4.79 Å². The second kappa shape index (κ2) is 5.22. The summed E-state index contributed by atoms with van der Waals surface area (Å²) in [5, 5.41) is 9.88. The number of methoxy groups -OCH3 is 1. The summed E-state index contributed by atoms with van der Waals surface area (Å²) in [7, 11) is 3.47. The van der Waals surface area contributed by atoms with Crippen LogP contribution in [0.3, 0.4) is 0 Å². The number of hydrogen-bond acceptors (Lipinski definition) is 4. The number of carbonyl (C=O) groups is 1. The zero-order valence-corrected chi connectivity index (χ0v) is 13.2. The Labute approximate surface area is 133 Å². The van der Waals surface area contributed by atoms with Crippen molar-refractivity contribution < 1.29 is 9.53 Å². The van der Waals surface area contributed by atoms with Crippen molar-refractivity contribution in [2.75, 3.05) is 7.11 Å². The lowest BCUT2D eigenvalue weighted by molar-refractivity contribution is -0.146. The van der Waals surface area contributed by atoms with Crippen LogP contribution in [0.15, 0.2) is 30.5 Å². The molecule has 3 heterocycles. The Bertz CT molecular complexity index is 893. The van der Waals surface area contributed by atoms with Gasteiger partial charge in [0.2, 0.25) is 0 Å². The molecule has 23 heavy (non-hydrogen) atoms. The summed E-state index contributed by atoms with van der Waals surface area (Å²) >= 11 is 0. The van der Waals surface area contributed by atoms with Crippen LogP contribution in [-0.2, 0) is 29.5 Å². The number of rotatable bonds is 2. The van der Waals surface area contributed by atoms with Crippen LogP contribution < -0.4 is 0 Å². The van der Waals surface area contributed by atoms with E-state index in [0.717, 1.165) is 30.2 Å². The summed E-state index contributed by atoms with van der Waals surface area (Å²) in [6.45, 7) is 0.737. The first-order valence-corrected chi connectivity index (χ1v) is 7.73. The van der Waals surface area contributed by atoms with Crippen LogP contribution in [0.2, 0.25) is 0 Å². The predicted octanol–water partition coefficient (Wildman–Crippen LogP) is 2.17. The number of aromatic nitrogens is 4. The van der Waals surface area contributed by atoms with E-state index in [1.54, 1.807) is 0 Å². The molecule has 0 saturated carbocycles. The van der Waals surface area contributed by atoms with Crippen molar-refractivity contribution in [3.63, 3.8) is 0 Å². The largest absolute Gasteiger partial charge is 0.469 e. The molecule has 1 unspecified atom stereocenters. The van der Waals surface area contributed by atoms with E-state index in [1.165, 1.54) is 18.0 Å². The third-order valence-electron chi connectivity index (χ3n) is 4.63. The van der Waals surface area contributed by atoms with Crippen molar-refractivity contribution in [1.82, 2.24) is 19.3 Å². The highest BCUT2D eigenvalue weighted by Gasteiger charge is 2.29. The van der Waals surface area contributed by atoms with E-state index in [2.05, 4.69) is 37.7 Å². The van der Waals surface area contributed by atoms with Gasteiger partial charge in [0.1, 0.15) is 5.82 Å². The number of fused-ring (bicyclic) bond motifs is 2. The van der Waals surface area contributed by atoms with Crippen LogP contribution in [-0.4, -0.2) is 32.4 Å². The monoisotopic (exact) mass is 310 g/mol. The lowest BCUT2D eigenvalue weighted by atomic mass is 9.98. The minimum absolute atomic E-state index is 0.114. The highest BCUT2D eigenvalue weighted by atomic mass is 16.5. The van der Waals surface area contributed by atoms with Crippen LogP contribution in [0.4, 0.5) is 0 Å². The van der Waals surface area contributed by atoms with Gasteiger partial charge in [-0.25, -0.2) is 0 Å². The molecule has 1 aliphatic rings. The molecular weight excluding hydrogens is 292 g/mol. The number of aryl methyl sites for hydroxylation is 1. The van der Waals surface area contributed by atoms with E-state index in [1.807, 2.05) is 19.2 Å². The highest BCUT2D eigenvalue weighted by molar-refractivity contribution is 5.94. The molecule has 6 heteroatoms. The molecule has 4 rings (SSSR count). The van der Waals surface area contributed by atoms with E-state index in [-0.39, 0.29) is 11.9 Å². The van der Waals surface area contributed by atoms with Gasteiger partial charge in [-0.05, 0) is 12.5 Å². The summed E-state index contributed by atoms with van der Waals surface area (Å²) < 4.78 is 9.09. The molecule has 2 aromatic heterocycles. The van der Waals surface area contributed by atoms with Crippen molar-refractivity contribution >= 4 is 16.9 Å². The fourth-order valence-electron chi connectivity index (χ4n) is 3.42. The first kappa shape index (κ1) is 14.0. The molecule has 0 spiro atoms. The number of para-hydroxylation sites is 1. The lowest BCUT2D eigenvalue weighted by Crippen LogP contribution is -2.27. The summed E-state index contributed by atoms with van der Waals surface area (Å²) in [6, 6.07) is 8.27. The Hall–Kier alpha value is -2.63. The maximum Gasteiger partial charge on any atom is 0.309 e. The Morgan fingerprint density at radius 3 is 2.96 bits per heavy atom. The molecule has 0 bridgehead atoms. The van der Waals surface area contributed by atoms with Gasteiger partial charge in [-0.1, -0.05) is 18.2 Å². The number of carbonyl (C=O) groups excluding carboxylic acids is 1. The number of benzene rings is 1. The topological polar surface area (TPSA) is 61.9 Å². The summed E-state index contributed by atoms with van der Waals surface area (Å²) in [5.74, 6) is 1.46. The van der Waals surface area contributed by atoms with Crippen LogP contribution >= 0.6 is 0 Å². The maximum absolute atomic E-state index is 11.7. The first-order chi connectivity index (χ1) is 11.2. The summed E-state index contributed by atoms with van der Waals surface area (Å²) in [5.41, 5.74) is 2.25. The Morgan fingerprint density at radius 2 is 2.13 bits per heavy atom. The molecule has 0 N–H and O–H groups in total. The molecule has 0 radical (unpaired) electrons. The molecule has 0 aliphatic carbocycles. The normalized spacial score (nSPS) is 17.2. The average molecular weight is 310 g/mol. The molecule has 6 nitrogen and oxygen atoms in total. The quantitative estimate of drug-likeness (QED) is 0.681. The van der Waals surface area contributed by atoms with Gasteiger partial charge in [0, 0.05) is 42.7 Å². The Kier molecular flexibility index (Phi) is 3.18. The van der Waals surface area contributed by atoms with Gasteiger partial charge in [-0.3, -0.25) is 4.79 Å². The molecule has 0 amide bonds. The zero-order chi connectivity index (χ0) is 16.0. The molecule has 1 aliphatic heterocycles. The molecule has 118 valence electrons. The van der Waals surface area contributed by atoms with Crippen molar-refractivity contribution in [3.05, 3.63) is 36.3 Å². The SMILES string of the molecule is COC(=O)C1CCn2c(nnc2-c2cn(C)c3ccccc23)C1. The van der Waals surface area contributed by atoms with E-state index in [4.69, 9.17) is 4.74 Å². The Balaban J connectivity index is 1.77. The summed E-state index contributed by atoms with van der Waals surface area (Å²) in [6.07, 6.45) is 3.44. The third-order valence-corrected chi connectivity index (χ3v) is 4.63. The molecule has 0 fully saturated rings. The van der Waals surface area contributed by atoms with Gasteiger partial charge in [-0.15, -0.1) is 10.2 Å². The predicted molar refractivity (Wildman–Crippen MR) is 85.8 cm³/mol. The third kappa shape index (κ3) is 2.13. The minimum atomic E-state index is -0.161. The smallest absolute Gasteiger partial charge is 0.309 e. The van der Waals surface area contributed by atoms with Crippen LogP contribution in [0.5, 0.6) is 0 Å². The minimum Gasteiger partial charge on any atom is -0.469 e. The number of hydrogen-bond donors (Lipinski definition) is 0. The van der Waals surface area contributed by atoms with Crippen molar-refractivity contribution in [3.8, 4) is 11.4 Å². The average Bonchev–Trinajstić information content (AvgIpc) is 3.15. The van der Waals surface area contributed by atoms with Crippen molar-refractivity contribution in [2.24, 2.45) is 13.0 Å². The molecule has 0 saturated heterocycles. The highest BCUT2D eigenvalue weighted by Crippen LogP contribution is 2.31. The molecule has 1 aromatic carbocycles. The van der Waals surface area contributed by atoms with Crippen LogP contribution in [0.25, 0.3) is 22.3 Å². The van der Waals surface area contributed by atoms with E-state index >= 15 is 0 Å². The van der Waals surface area contributed by atoms with E-state index < -0.39 is 0 Å². The summed E-state index contributed by atoms with van der Waals surface area (Å²) in [4.78, 5) is 11.7. The van der Waals surface area contributed by atoms with E-state index in [0.29, 0.717) is 6.42 Å². The standard InChI is InChI=1S/C17H18N4O2/c1-20-10-13(12-5-3-4-6-14(12)20)16-19-18-15-9-11(17(22)23-2)7-8-21(15)16/h3-6,10-11H,7-9H2,1-2H3. The molecule has 3 aromatic rings. The zero-order valence-electron chi connectivity index (χ0n) is 13.2. The number of ether oxygens (including phenoxy) is 1. The maximum atomic E-state index is 11.7. The fourth-order valence-corrected chi connectivity index (χ4v) is 3.42. The number of esters is 1. The van der Waals surface area contributed by atoms with Gasteiger partial charge in [0.25, 0.3) is 0 Å². The van der Waals surface area contributed by atoms with Crippen molar-refractivity contribution in [1.29, 1.82) is 0 Å². The van der Waals surface area contributed by atoms with Gasteiger partial charge >= 0.3 is 5.97 Å². The van der Waals surface area contributed by atoms with Gasteiger partial charge < -0.3 is 13.9 Å². The first-order valence-electron chi connectivity index (χ1n) is 7.73.